The molecular weight excluding hydrogens is 174 g/mol. The van der Waals surface area contributed by atoms with Crippen LogP contribution in [0.25, 0.3) is 0 Å². The lowest BCUT2D eigenvalue weighted by Gasteiger charge is -2.16. The third-order valence-electron chi connectivity index (χ3n) is 2.47. The zero-order chi connectivity index (χ0) is 9.84. The molecule has 1 fully saturated rings. The van der Waals surface area contributed by atoms with Gasteiger partial charge in [-0.3, -0.25) is 0 Å². The van der Waals surface area contributed by atoms with Gasteiger partial charge in [0.05, 0.1) is 12.1 Å². The summed E-state index contributed by atoms with van der Waals surface area (Å²) in [7, 11) is 2.12. The highest BCUT2D eigenvalue weighted by Crippen LogP contribution is 2.27. The summed E-state index contributed by atoms with van der Waals surface area (Å²) < 4.78 is 23.9. The third kappa shape index (κ3) is 2.21. The van der Waals surface area contributed by atoms with Gasteiger partial charge in [0.25, 0.3) is 0 Å². The minimum atomic E-state index is -1.06. The van der Waals surface area contributed by atoms with E-state index in [0.717, 1.165) is 0 Å². The van der Waals surface area contributed by atoms with Gasteiger partial charge < -0.3 is 14.6 Å². The van der Waals surface area contributed by atoms with E-state index in [2.05, 4.69) is 0 Å². The first kappa shape index (κ1) is 11.0. The van der Waals surface area contributed by atoms with Crippen molar-refractivity contribution in [3.05, 3.63) is 0 Å². The Morgan fingerprint density at radius 3 is 2.77 bits per heavy atom. The molecule has 1 aliphatic heterocycles. The zero-order valence-electron chi connectivity index (χ0n) is 8.07. The molecule has 0 aliphatic carbocycles. The molecule has 0 saturated carbocycles. The maximum atomic E-state index is 13.5. The van der Waals surface area contributed by atoms with E-state index in [0.29, 0.717) is 13.7 Å². The van der Waals surface area contributed by atoms with Crippen LogP contribution in [0.2, 0.25) is 6.82 Å². The van der Waals surface area contributed by atoms with Crippen LogP contribution in [0.3, 0.4) is 0 Å². The van der Waals surface area contributed by atoms with Crippen LogP contribution in [0.5, 0.6) is 0 Å². The lowest BCUT2D eigenvalue weighted by Crippen LogP contribution is -2.32. The molecule has 0 aromatic heterocycles. The van der Waals surface area contributed by atoms with Gasteiger partial charge in [-0.15, -0.1) is 0 Å². The van der Waals surface area contributed by atoms with Gasteiger partial charge in [-0.1, -0.05) is 6.82 Å². The predicted octanol–water partition coefficient (Wildman–Crippen LogP) is -0.0686. The quantitative estimate of drug-likeness (QED) is 0.630. The summed E-state index contributed by atoms with van der Waals surface area (Å²) in [5.74, 6) is 0. The Morgan fingerprint density at radius 1 is 1.62 bits per heavy atom. The standard InChI is InChI=1S/C8H16BFO3/c1-9-8-6(10)7(12-2)5(13-8)3-4-11/h5-9,11H,3-4H2,1-2H3/t5-,6+,7?,8-/m1/s1. The molecular formula is C8H16BFO3. The van der Waals surface area contributed by atoms with E-state index in [-0.39, 0.29) is 18.7 Å². The van der Waals surface area contributed by atoms with Crippen molar-refractivity contribution >= 4 is 7.28 Å². The van der Waals surface area contributed by atoms with E-state index in [1.807, 2.05) is 6.82 Å². The third-order valence-corrected chi connectivity index (χ3v) is 2.47. The number of ether oxygens (including phenoxy) is 2. The van der Waals surface area contributed by atoms with Crippen LogP contribution < -0.4 is 0 Å². The number of halogens is 1. The topological polar surface area (TPSA) is 38.7 Å². The van der Waals surface area contributed by atoms with Crippen molar-refractivity contribution in [1.82, 2.24) is 0 Å². The highest BCUT2D eigenvalue weighted by Gasteiger charge is 2.43. The molecule has 0 spiro atoms. The number of hydrogen-bond acceptors (Lipinski definition) is 3. The number of aliphatic hydroxyl groups is 1. The monoisotopic (exact) mass is 190 g/mol. The van der Waals surface area contributed by atoms with Crippen molar-refractivity contribution < 1.29 is 19.0 Å². The lowest BCUT2D eigenvalue weighted by molar-refractivity contribution is -0.00862. The molecule has 13 heavy (non-hydrogen) atoms. The summed E-state index contributed by atoms with van der Waals surface area (Å²) in [5, 5.41) is 8.73. The first-order valence-electron chi connectivity index (χ1n) is 4.67. The van der Waals surface area contributed by atoms with Crippen LogP contribution in [0.1, 0.15) is 6.42 Å². The van der Waals surface area contributed by atoms with Crippen LogP contribution in [0.4, 0.5) is 4.39 Å². The molecule has 0 radical (unpaired) electrons. The van der Waals surface area contributed by atoms with E-state index in [9.17, 15) is 4.39 Å². The van der Waals surface area contributed by atoms with Crippen LogP contribution >= 0.6 is 0 Å². The lowest BCUT2D eigenvalue weighted by atomic mass is 9.72. The highest BCUT2D eigenvalue weighted by molar-refractivity contribution is 6.35. The molecule has 5 heteroatoms. The summed E-state index contributed by atoms with van der Waals surface area (Å²) >= 11 is 0. The van der Waals surface area contributed by atoms with E-state index in [1.165, 1.54) is 7.11 Å². The smallest absolute Gasteiger partial charge is 0.158 e. The van der Waals surface area contributed by atoms with E-state index in [1.54, 1.807) is 0 Å². The Kier molecular flexibility index (Phi) is 4.16. The Bertz CT molecular complexity index is 158. The van der Waals surface area contributed by atoms with Crippen LogP contribution in [-0.2, 0) is 9.47 Å². The molecule has 4 atom stereocenters. The zero-order valence-corrected chi connectivity index (χ0v) is 8.07. The second-order valence-electron chi connectivity index (χ2n) is 3.28. The Balaban J connectivity index is 2.55. The van der Waals surface area contributed by atoms with Crippen LogP contribution in [0, 0.1) is 0 Å². The molecule has 76 valence electrons. The van der Waals surface area contributed by atoms with Gasteiger partial charge in [-0.2, -0.15) is 0 Å². The van der Waals surface area contributed by atoms with Gasteiger partial charge in [-0.05, 0) is 6.42 Å². The molecule has 1 unspecified atom stereocenters. The second kappa shape index (κ2) is 4.93. The van der Waals surface area contributed by atoms with Crippen LogP contribution in [0.15, 0.2) is 0 Å². The van der Waals surface area contributed by atoms with E-state index >= 15 is 0 Å². The van der Waals surface area contributed by atoms with Crippen molar-refractivity contribution in [2.75, 3.05) is 13.7 Å². The summed E-state index contributed by atoms with van der Waals surface area (Å²) in [6.07, 6.45) is -1.44. The van der Waals surface area contributed by atoms with Crippen molar-refractivity contribution in [2.24, 2.45) is 0 Å². The summed E-state index contributed by atoms with van der Waals surface area (Å²) in [6, 6.07) is -0.374. The number of methoxy groups -OCH3 is 1. The van der Waals surface area contributed by atoms with Gasteiger partial charge in [0.15, 0.2) is 7.28 Å². The Morgan fingerprint density at radius 2 is 2.31 bits per heavy atom. The highest BCUT2D eigenvalue weighted by atomic mass is 19.1. The Hall–Kier alpha value is -0.125. The minimum absolute atomic E-state index is 0.00762. The SMILES string of the molecule is CB[C@@H]1O[C@H](CCO)C(OC)[C@@H]1F. The maximum Gasteiger partial charge on any atom is 0.158 e. The average Bonchev–Trinajstić information content (AvgIpc) is 2.43. The van der Waals surface area contributed by atoms with E-state index in [4.69, 9.17) is 14.6 Å². The van der Waals surface area contributed by atoms with Crippen LogP contribution in [-0.4, -0.2) is 50.5 Å². The molecule has 0 bridgehead atoms. The second-order valence-corrected chi connectivity index (χ2v) is 3.28. The van der Waals surface area contributed by atoms with Crippen molar-refractivity contribution in [3.63, 3.8) is 0 Å². The van der Waals surface area contributed by atoms with Crippen molar-refractivity contribution in [3.8, 4) is 0 Å². The van der Waals surface area contributed by atoms with Gasteiger partial charge in [-0.25, -0.2) is 4.39 Å². The van der Waals surface area contributed by atoms with Crippen molar-refractivity contribution in [2.45, 2.75) is 37.6 Å². The normalized spacial score (nSPS) is 39.4. The van der Waals surface area contributed by atoms with Crippen molar-refractivity contribution in [1.29, 1.82) is 0 Å². The predicted molar refractivity (Wildman–Crippen MR) is 49.1 cm³/mol. The molecule has 1 heterocycles. The average molecular weight is 190 g/mol. The van der Waals surface area contributed by atoms with Gasteiger partial charge >= 0.3 is 0 Å². The largest absolute Gasteiger partial charge is 0.396 e. The summed E-state index contributed by atoms with van der Waals surface area (Å²) in [5.41, 5.74) is 0. The maximum absolute atomic E-state index is 13.5. The first-order chi connectivity index (χ1) is 6.24. The Labute approximate surface area is 78.5 Å². The minimum Gasteiger partial charge on any atom is -0.396 e. The van der Waals surface area contributed by atoms with Gasteiger partial charge in [0.2, 0.25) is 0 Å². The summed E-state index contributed by atoms with van der Waals surface area (Å²) in [4.78, 5) is 0. The summed E-state index contributed by atoms with van der Waals surface area (Å²) in [6.45, 7) is 1.89. The molecule has 1 saturated heterocycles. The van der Waals surface area contributed by atoms with E-state index < -0.39 is 12.3 Å². The molecule has 3 nitrogen and oxygen atoms in total. The first-order valence-corrected chi connectivity index (χ1v) is 4.67. The van der Waals surface area contributed by atoms with Gasteiger partial charge in [0.1, 0.15) is 12.3 Å². The molecule has 1 rings (SSSR count). The molecule has 1 N–H and O–H groups in total. The molecule has 0 aromatic rings. The molecule has 1 aliphatic rings. The fourth-order valence-corrected chi connectivity index (χ4v) is 1.76. The molecule has 0 aromatic carbocycles. The number of aliphatic hydroxyl groups excluding tert-OH is 1. The number of rotatable bonds is 4. The van der Waals surface area contributed by atoms with Gasteiger partial charge in [0, 0.05) is 13.7 Å². The fourth-order valence-electron chi connectivity index (χ4n) is 1.76. The number of alkyl halides is 1. The fraction of sp³-hybridized carbons (Fsp3) is 1.00. The molecule has 0 amide bonds. The number of hydrogen-bond donors (Lipinski definition) is 1.